The zero-order valence-electron chi connectivity index (χ0n) is 18.5. The summed E-state index contributed by atoms with van der Waals surface area (Å²) in [5.74, 6) is 0.767. The van der Waals surface area contributed by atoms with E-state index >= 15 is 0 Å². The predicted octanol–water partition coefficient (Wildman–Crippen LogP) is 3.75. The molecule has 1 atom stereocenters. The standard InChI is InChI=1S/C24H25N7OS/c1-14-16(15(2)31-24(28-14)29-23(25)30-31)9-10-22(32)27-13-19(21-8-5-11-33-21)18-12-26-20-7-4-3-6-17(18)20/h3-8,11-12,19,26H,9-10,13H2,1-2H3,(H2,25,30)(H,27,32)/t19-/m1/s1. The molecule has 0 saturated heterocycles. The van der Waals surface area contributed by atoms with E-state index in [1.54, 1.807) is 15.9 Å². The summed E-state index contributed by atoms with van der Waals surface area (Å²) in [6.07, 6.45) is 2.99. The van der Waals surface area contributed by atoms with E-state index in [9.17, 15) is 4.79 Å². The number of aryl methyl sites for hydroxylation is 2. The molecule has 4 N–H and O–H groups in total. The quantitative estimate of drug-likeness (QED) is 0.343. The van der Waals surface area contributed by atoms with Gasteiger partial charge in [-0.15, -0.1) is 16.4 Å². The third-order valence-electron chi connectivity index (χ3n) is 6.05. The van der Waals surface area contributed by atoms with Crippen LogP contribution in [-0.2, 0) is 11.2 Å². The van der Waals surface area contributed by atoms with Crippen LogP contribution in [0, 0.1) is 13.8 Å². The Morgan fingerprint density at radius 3 is 2.88 bits per heavy atom. The summed E-state index contributed by atoms with van der Waals surface area (Å²) >= 11 is 1.71. The number of thiophene rings is 1. The molecule has 168 valence electrons. The molecule has 8 nitrogen and oxygen atoms in total. The zero-order valence-corrected chi connectivity index (χ0v) is 19.3. The van der Waals surface area contributed by atoms with Gasteiger partial charge in [-0.2, -0.15) is 9.50 Å². The van der Waals surface area contributed by atoms with Crippen molar-refractivity contribution >= 4 is 39.9 Å². The van der Waals surface area contributed by atoms with Crippen molar-refractivity contribution in [3.63, 3.8) is 0 Å². The van der Waals surface area contributed by atoms with Gasteiger partial charge in [0.05, 0.1) is 0 Å². The first-order chi connectivity index (χ1) is 16.0. The number of benzene rings is 1. The number of carbonyl (C=O) groups excluding carboxylic acids is 1. The second-order valence-electron chi connectivity index (χ2n) is 8.10. The third kappa shape index (κ3) is 4.07. The number of nitrogen functional groups attached to an aromatic ring is 1. The fourth-order valence-electron chi connectivity index (χ4n) is 4.36. The van der Waals surface area contributed by atoms with E-state index < -0.39 is 0 Å². The fourth-order valence-corrected chi connectivity index (χ4v) is 5.21. The largest absolute Gasteiger partial charge is 0.366 e. The van der Waals surface area contributed by atoms with Crippen molar-refractivity contribution in [2.45, 2.75) is 32.6 Å². The molecule has 0 fully saturated rings. The Morgan fingerprint density at radius 1 is 1.21 bits per heavy atom. The SMILES string of the molecule is Cc1nc2nc(N)nn2c(C)c1CCC(=O)NC[C@@H](c1cccs1)c1c[nH]c2ccccc12. The molecule has 0 aliphatic carbocycles. The molecule has 1 amide bonds. The summed E-state index contributed by atoms with van der Waals surface area (Å²) in [6, 6.07) is 12.4. The van der Waals surface area contributed by atoms with Crippen molar-refractivity contribution in [3.05, 3.63) is 75.4 Å². The third-order valence-corrected chi connectivity index (χ3v) is 7.04. The average molecular weight is 460 g/mol. The highest BCUT2D eigenvalue weighted by molar-refractivity contribution is 7.10. The molecule has 0 aliphatic rings. The van der Waals surface area contributed by atoms with Gasteiger partial charge in [-0.05, 0) is 48.9 Å². The first kappa shape index (κ1) is 21.1. The summed E-state index contributed by atoms with van der Waals surface area (Å²) in [5.41, 5.74) is 10.8. The van der Waals surface area contributed by atoms with E-state index in [1.165, 1.54) is 15.8 Å². The van der Waals surface area contributed by atoms with Gasteiger partial charge in [-0.1, -0.05) is 24.3 Å². The van der Waals surface area contributed by atoms with Gasteiger partial charge >= 0.3 is 0 Å². The maximum Gasteiger partial charge on any atom is 0.254 e. The van der Waals surface area contributed by atoms with Gasteiger partial charge in [0.1, 0.15) is 0 Å². The monoisotopic (exact) mass is 459 g/mol. The number of H-pyrrole nitrogens is 1. The van der Waals surface area contributed by atoms with Crippen LogP contribution in [0.4, 0.5) is 5.95 Å². The van der Waals surface area contributed by atoms with Crippen LogP contribution in [0.5, 0.6) is 0 Å². The number of amides is 1. The number of para-hydroxylation sites is 1. The molecule has 5 rings (SSSR count). The van der Waals surface area contributed by atoms with Gasteiger partial charge in [0.15, 0.2) is 0 Å². The highest BCUT2D eigenvalue weighted by Crippen LogP contribution is 2.32. The normalized spacial score (nSPS) is 12.4. The van der Waals surface area contributed by atoms with Crippen LogP contribution in [0.25, 0.3) is 16.7 Å². The minimum Gasteiger partial charge on any atom is -0.366 e. The molecule has 4 heterocycles. The lowest BCUT2D eigenvalue weighted by molar-refractivity contribution is -0.121. The number of aromatic amines is 1. The van der Waals surface area contributed by atoms with Crippen LogP contribution >= 0.6 is 11.3 Å². The number of hydrogen-bond donors (Lipinski definition) is 3. The number of nitrogens with one attached hydrogen (secondary N) is 2. The Bertz CT molecular complexity index is 1430. The fraction of sp³-hybridized carbons (Fsp3) is 0.250. The Morgan fingerprint density at radius 2 is 2.06 bits per heavy atom. The summed E-state index contributed by atoms with van der Waals surface area (Å²) in [4.78, 5) is 26.0. The Hall–Kier alpha value is -3.72. The molecular weight excluding hydrogens is 434 g/mol. The van der Waals surface area contributed by atoms with Crippen molar-refractivity contribution in [3.8, 4) is 0 Å². The van der Waals surface area contributed by atoms with Gasteiger partial charge < -0.3 is 16.0 Å². The number of anilines is 1. The molecule has 33 heavy (non-hydrogen) atoms. The molecule has 0 radical (unpaired) electrons. The van der Waals surface area contributed by atoms with E-state index in [2.05, 4.69) is 61.2 Å². The van der Waals surface area contributed by atoms with Crippen LogP contribution in [-0.4, -0.2) is 37.0 Å². The average Bonchev–Trinajstić information content (AvgIpc) is 3.54. The zero-order chi connectivity index (χ0) is 22.9. The summed E-state index contributed by atoms with van der Waals surface area (Å²) in [5, 5.41) is 10.6. The Labute approximate surface area is 194 Å². The number of fused-ring (bicyclic) bond motifs is 2. The molecule has 0 saturated carbocycles. The Balaban J connectivity index is 1.31. The molecule has 4 aromatic heterocycles. The number of nitrogens with zero attached hydrogens (tertiary/aromatic N) is 4. The second-order valence-corrected chi connectivity index (χ2v) is 9.08. The van der Waals surface area contributed by atoms with Crippen molar-refractivity contribution < 1.29 is 4.79 Å². The molecule has 9 heteroatoms. The van der Waals surface area contributed by atoms with Gasteiger partial charge in [-0.25, -0.2) is 4.98 Å². The van der Waals surface area contributed by atoms with Crippen LogP contribution in [0.3, 0.4) is 0 Å². The van der Waals surface area contributed by atoms with Crippen LogP contribution < -0.4 is 11.1 Å². The lowest BCUT2D eigenvalue weighted by atomic mass is 9.96. The molecule has 0 spiro atoms. The highest BCUT2D eigenvalue weighted by Gasteiger charge is 2.20. The lowest BCUT2D eigenvalue weighted by Crippen LogP contribution is -2.29. The summed E-state index contributed by atoms with van der Waals surface area (Å²) in [7, 11) is 0. The second kappa shape index (κ2) is 8.67. The molecule has 0 aliphatic heterocycles. The van der Waals surface area contributed by atoms with Gasteiger partial charge in [-0.3, -0.25) is 4.79 Å². The summed E-state index contributed by atoms with van der Waals surface area (Å²) < 4.78 is 1.64. The number of aromatic nitrogens is 5. The van der Waals surface area contributed by atoms with E-state index in [0.717, 1.165) is 22.5 Å². The van der Waals surface area contributed by atoms with E-state index in [-0.39, 0.29) is 17.8 Å². The Kier molecular flexibility index (Phi) is 5.55. The number of carbonyl (C=O) groups is 1. The van der Waals surface area contributed by atoms with Crippen LogP contribution in [0.15, 0.2) is 48.0 Å². The molecule has 0 unspecified atom stereocenters. The predicted molar refractivity (Wildman–Crippen MR) is 130 cm³/mol. The summed E-state index contributed by atoms with van der Waals surface area (Å²) in [6.45, 7) is 4.41. The van der Waals surface area contributed by atoms with Crippen molar-refractivity contribution in [1.82, 2.24) is 29.9 Å². The smallest absolute Gasteiger partial charge is 0.254 e. The lowest BCUT2D eigenvalue weighted by Gasteiger charge is -2.17. The molecular formula is C24H25N7OS. The van der Waals surface area contributed by atoms with Crippen molar-refractivity contribution in [1.29, 1.82) is 0 Å². The van der Waals surface area contributed by atoms with E-state index in [1.807, 2.05) is 26.0 Å². The van der Waals surface area contributed by atoms with Crippen LogP contribution in [0.2, 0.25) is 0 Å². The van der Waals surface area contributed by atoms with Gasteiger partial charge in [0, 0.05) is 52.2 Å². The first-order valence-corrected chi connectivity index (χ1v) is 11.7. The van der Waals surface area contributed by atoms with Gasteiger partial charge in [0.2, 0.25) is 11.9 Å². The minimum atomic E-state index is 0.00778. The maximum atomic E-state index is 12.8. The minimum absolute atomic E-state index is 0.00778. The van der Waals surface area contributed by atoms with Crippen molar-refractivity contribution in [2.24, 2.45) is 0 Å². The molecule has 1 aromatic carbocycles. The van der Waals surface area contributed by atoms with Crippen LogP contribution in [0.1, 0.15) is 39.7 Å². The molecule has 5 aromatic rings. The topological polar surface area (TPSA) is 114 Å². The number of hydrogen-bond acceptors (Lipinski definition) is 6. The van der Waals surface area contributed by atoms with Crippen molar-refractivity contribution in [2.75, 3.05) is 12.3 Å². The number of nitrogens with two attached hydrogens (primary N) is 1. The van der Waals surface area contributed by atoms with E-state index in [0.29, 0.717) is 25.2 Å². The first-order valence-electron chi connectivity index (χ1n) is 10.9. The maximum absolute atomic E-state index is 12.8. The highest BCUT2D eigenvalue weighted by atomic mass is 32.1. The number of rotatable bonds is 7. The van der Waals surface area contributed by atoms with Gasteiger partial charge in [0.25, 0.3) is 5.78 Å². The van der Waals surface area contributed by atoms with E-state index in [4.69, 9.17) is 5.73 Å². The molecule has 0 bridgehead atoms.